The van der Waals surface area contributed by atoms with Gasteiger partial charge in [0.2, 0.25) is 0 Å². The number of halogens is 3. The van der Waals surface area contributed by atoms with Gasteiger partial charge in [0, 0.05) is 50.1 Å². The summed E-state index contributed by atoms with van der Waals surface area (Å²) in [4.78, 5) is 21.5. The molecular weight excluding hydrogens is 541 g/mol. The normalized spacial score (nSPS) is 14.9. The van der Waals surface area contributed by atoms with E-state index >= 15 is 0 Å². The number of rotatable bonds is 4. The molecule has 12 heteroatoms. The number of nitrogens with one attached hydrogen (secondary N) is 1. The molecule has 0 spiro atoms. The van der Waals surface area contributed by atoms with Gasteiger partial charge in [-0.05, 0) is 42.8 Å². The average molecular weight is 571 g/mol. The lowest BCUT2D eigenvalue weighted by Gasteiger charge is -2.25. The second kappa shape index (κ2) is 11.5. The van der Waals surface area contributed by atoms with Crippen LogP contribution >= 0.6 is 0 Å². The molecule has 2 amide bonds. The van der Waals surface area contributed by atoms with Gasteiger partial charge >= 0.3 is 12.2 Å². The molecule has 2 aliphatic rings. The van der Waals surface area contributed by atoms with Crippen LogP contribution in [-0.4, -0.2) is 69.2 Å². The van der Waals surface area contributed by atoms with Gasteiger partial charge in [-0.25, -0.2) is 9.79 Å². The van der Waals surface area contributed by atoms with Crippen LogP contribution in [-0.2, 0) is 6.18 Å². The van der Waals surface area contributed by atoms with Crippen LogP contribution in [0.15, 0.2) is 59.6 Å². The lowest BCUT2D eigenvalue weighted by molar-refractivity contribution is -0.137. The van der Waals surface area contributed by atoms with Crippen LogP contribution in [0.25, 0.3) is 0 Å². The van der Waals surface area contributed by atoms with E-state index in [0.717, 1.165) is 12.1 Å². The van der Waals surface area contributed by atoms with Crippen molar-refractivity contribution < 1.29 is 36.9 Å². The van der Waals surface area contributed by atoms with Crippen LogP contribution in [0.4, 0.5) is 29.3 Å². The third-order valence-corrected chi connectivity index (χ3v) is 6.85. The quantitative estimate of drug-likeness (QED) is 0.405. The predicted molar refractivity (Wildman–Crippen MR) is 147 cm³/mol. The van der Waals surface area contributed by atoms with Crippen molar-refractivity contribution in [2.24, 2.45) is 4.99 Å². The summed E-state index contributed by atoms with van der Waals surface area (Å²) >= 11 is 0. The van der Waals surface area contributed by atoms with Crippen molar-refractivity contribution >= 4 is 23.2 Å². The minimum Gasteiger partial charge on any atom is -0.497 e. The monoisotopic (exact) mass is 570 g/mol. The Morgan fingerprint density at radius 3 is 2.24 bits per heavy atom. The Morgan fingerprint density at radius 1 is 0.854 bits per heavy atom. The van der Waals surface area contributed by atoms with Gasteiger partial charge in [0.25, 0.3) is 0 Å². The highest BCUT2D eigenvalue weighted by Gasteiger charge is 2.33. The van der Waals surface area contributed by atoms with Crippen molar-refractivity contribution in [3.8, 4) is 28.7 Å². The molecule has 0 saturated carbocycles. The summed E-state index contributed by atoms with van der Waals surface area (Å²) in [6, 6.07) is 13.2. The number of carbonyl (C=O) groups is 1. The topological polar surface area (TPSA) is 84.9 Å². The molecule has 2 aliphatic heterocycles. The summed E-state index contributed by atoms with van der Waals surface area (Å²) in [7, 11) is 4.59. The number of fused-ring (bicyclic) bond motifs is 2. The summed E-state index contributed by atoms with van der Waals surface area (Å²) in [6.45, 7) is 1.72. The molecular formula is C29H29F3N4O5. The lowest BCUT2D eigenvalue weighted by Crippen LogP contribution is -2.39. The molecule has 0 unspecified atom stereocenters. The molecule has 41 heavy (non-hydrogen) atoms. The highest BCUT2D eigenvalue weighted by atomic mass is 19.4. The lowest BCUT2D eigenvalue weighted by atomic mass is 10.1. The van der Waals surface area contributed by atoms with E-state index < -0.39 is 11.7 Å². The van der Waals surface area contributed by atoms with Crippen molar-refractivity contribution in [2.45, 2.75) is 12.6 Å². The zero-order valence-electron chi connectivity index (χ0n) is 22.7. The summed E-state index contributed by atoms with van der Waals surface area (Å²) in [5.74, 6) is 2.72. The number of benzene rings is 3. The minimum absolute atomic E-state index is 0.0656. The molecule has 0 aromatic heterocycles. The Hall–Kier alpha value is -4.61. The van der Waals surface area contributed by atoms with Crippen LogP contribution in [0.5, 0.6) is 28.7 Å². The molecule has 1 fully saturated rings. The van der Waals surface area contributed by atoms with Gasteiger partial charge in [-0.15, -0.1) is 0 Å². The Bertz CT molecular complexity index is 1460. The fourth-order valence-electron chi connectivity index (χ4n) is 4.72. The number of hydrogen-bond acceptors (Lipinski definition) is 7. The first kappa shape index (κ1) is 27.9. The van der Waals surface area contributed by atoms with Crippen LogP contribution < -0.4 is 24.3 Å². The van der Waals surface area contributed by atoms with Crippen molar-refractivity contribution in [3.63, 3.8) is 0 Å². The average Bonchev–Trinajstić information content (AvgIpc) is 3.30. The molecule has 0 bridgehead atoms. The number of urea groups is 1. The van der Waals surface area contributed by atoms with E-state index in [1.807, 2.05) is 4.90 Å². The number of hydrogen-bond donors (Lipinski definition) is 1. The molecule has 216 valence electrons. The summed E-state index contributed by atoms with van der Waals surface area (Å²) in [5, 5.41) is 2.89. The Kier molecular flexibility index (Phi) is 7.82. The highest BCUT2D eigenvalue weighted by molar-refractivity contribution is 6.04. The van der Waals surface area contributed by atoms with Gasteiger partial charge < -0.3 is 34.1 Å². The molecule has 2 heterocycles. The molecule has 3 aromatic rings. The first-order valence-electron chi connectivity index (χ1n) is 12.9. The van der Waals surface area contributed by atoms with Crippen molar-refractivity contribution in [2.75, 3.05) is 52.8 Å². The highest BCUT2D eigenvalue weighted by Crippen LogP contribution is 2.42. The first-order chi connectivity index (χ1) is 19.7. The van der Waals surface area contributed by atoms with E-state index in [2.05, 4.69) is 10.3 Å². The van der Waals surface area contributed by atoms with Gasteiger partial charge in [0.1, 0.15) is 34.5 Å². The molecule has 1 saturated heterocycles. The van der Waals surface area contributed by atoms with Crippen LogP contribution in [0, 0.1) is 0 Å². The second-order valence-electron chi connectivity index (χ2n) is 9.44. The van der Waals surface area contributed by atoms with Gasteiger partial charge in [0.05, 0.1) is 32.5 Å². The predicted octanol–water partition coefficient (Wildman–Crippen LogP) is 6.16. The van der Waals surface area contributed by atoms with Gasteiger partial charge in [-0.1, -0.05) is 0 Å². The number of anilines is 1. The smallest absolute Gasteiger partial charge is 0.416 e. The van der Waals surface area contributed by atoms with Crippen LogP contribution in [0.1, 0.15) is 17.5 Å². The summed E-state index contributed by atoms with van der Waals surface area (Å²) in [6.07, 6.45) is -3.93. The summed E-state index contributed by atoms with van der Waals surface area (Å²) < 4.78 is 62.5. The largest absolute Gasteiger partial charge is 0.497 e. The standard InChI is InChI=1S/C29H29F3N4O5/c1-38-20-6-8-25-23(17-20)27(34-24-13-18(29(30,31)32)5-7-26(24)41-25)35-9-4-10-36(12-11-35)28(37)33-19-14-21(39-2)16-22(15-19)40-3/h5-8,13-17H,4,9-12H2,1-3H3,(H,33,37). The number of ether oxygens (including phenoxy) is 4. The number of alkyl halides is 3. The fourth-order valence-corrected chi connectivity index (χ4v) is 4.72. The van der Waals surface area contributed by atoms with Crippen molar-refractivity contribution in [1.82, 2.24) is 9.80 Å². The Morgan fingerprint density at radius 2 is 1.56 bits per heavy atom. The number of carbonyl (C=O) groups excluding carboxylic acids is 1. The van der Waals surface area contributed by atoms with Crippen molar-refractivity contribution in [1.29, 1.82) is 0 Å². The molecule has 9 nitrogen and oxygen atoms in total. The molecule has 0 atom stereocenters. The van der Waals surface area contributed by atoms with Crippen molar-refractivity contribution in [3.05, 3.63) is 65.7 Å². The van der Waals surface area contributed by atoms with E-state index in [-0.39, 0.29) is 17.5 Å². The van der Waals surface area contributed by atoms with E-state index in [4.69, 9.17) is 18.9 Å². The fraction of sp³-hybridized carbons (Fsp3) is 0.310. The number of aliphatic imine (C=N–C) groups is 1. The maximum absolute atomic E-state index is 13.5. The summed E-state index contributed by atoms with van der Waals surface area (Å²) in [5.41, 5.74) is 0.348. The molecule has 3 aromatic carbocycles. The first-order valence-corrected chi connectivity index (χ1v) is 12.9. The van der Waals surface area contributed by atoms with E-state index in [1.54, 1.807) is 41.3 Å². The zero-order chi connectivity index (χ0) is 29.1. The maximum atomic E-state index is 13.5. The molecule has 5 rings (SSSR count). The molecule has 0 radical (unpaired) electrons. The number of amides is 2. The third-order valence-electron chi connectivity index (χ3n) is 6.85. The van der Waals surface area contributed by atoms with E-state index in [0.29, 0.717) is 72.7 Å². The van der Waals surface area contributed by atoms with Gasteiger partial charge in [0.15, 0.2) is 5.75 Å². The minimum atomic E-state index is -4.53. The Labute approximate surface area is 235 Å². The third kappa shape index (κ3) is 6.11. The van der Waals surface area contributed by atoms with Gasteiger partial charge in [-0.3, -0.25) is 0 Å². The van der Waals surface area contributed by atoms with Crippen LogP contribution in [0.3, 0.4) is 0 Å². The number of methoxy groups -OCH3 is 3. The van der Waals surface area contributed by atoms with E-state index in [9.17, 15) is 18.0 Å². The number of amidine groups is 1. The zero-order valence-corrected chi connectivity index (χ0v) is 22.7. The number of nitrogens with zero attached hydrogens (tertiary/aromatic N) is 3. The molecule has 1 N–H and O–H groups in total. The molecule has 0 aliphatic carbocycles. The van der Waals surface area contributed by atoms with Gasteiger partial charge in [-0.2, -0.15) is 13.2 Å². The van der Waals surface area contributed by atoms with Crippen LogP contribution in [0.2, 0.25) is 0 Å². The second-order valence-corrected chi connectivity index (χ2v) is 9.44. The van der Waals surface area contributed by atoms with E-state index in [1.165, 1.54) is 27.4 Å². The Balaban J connectivity index is 1.42. The SMILES string of the molecule is COc1cc(NC(=O)N2CCCN(C3=Nc4cc(C(F)(F)F)ccc4Oc4ccc(OC)cc43)CC2)cc(OC)c1. The maximum Gasteiger partial charge on any atom is 0.416 e.